The molecule has 0 amide bonds. The van der Waals surface area contributed by atoms with E-state index in [1.807, 2.05) is 4.40 Å². The Kier molecular flexibility index (Phi) is 3.02. The van der Waals surface area contributed by atoms with E-state index in [1.54, 1.807) is 18.7 Å². The molecule has 2 aromatic heterocycles. The fourth-order valence-corrected chi connectivity index (χ4v) is 2.64. The lowest BCUT2D eigenvalue weighted by Crippen LogP contribution is -2.37. The van der Waals surface area contributed by atoms with Crippen molar-refractivity contribution >= 4 is 17.4 Å². The molecule has 3 heterocycles. The van der Waals surface area contributed by atoms with Crippen molar-refractivity contribution in [1.29, 1.82) is 0 Å². The van der Waals surface area contributed by atoms with Gasteiger partial charge in [0, 0.05) is 31.9 Å². The number of carboxylic acids is 1. The first kappa shape index (κ1) is 11.9. The van der Waals surface area contributed by atoms with Crippen LogP contribution in [0, 0.1) is 5.92 Å². The zero-order valence-corrected chi connectivity index (χ0v) is 10.4. The normalized spacial score (nSPS) is 19.8. The van der Waals surface area contributed by atoms with Gasteiger partial charge in [-0.3, -0.25) is 9.20 Å². The standard InChI is InChI=1S/C12H15N5O2/c18-10(19)6-9-2-1-4-16(7-9)11-12-15-14-8-17(12)5-3-13-11/h3,5,8-9H,1-2,4,6-7H2,(H,18,19). The van der Waals surface area contributed by atoms with Crippen molar-refractivity contribution in [1.82, 2.24) is 19.6 Å². The number of anilines is 1. The summed E-state index contributed by atoms with van der Waals surface area (Å²) in [7, 11) is 0. The molecule has 7 nitrogen and oxygen atoms in total. The lowest BCUT2D eigenvalue weighted by atomic mass is 9.95. The third-order valence-corrected chi connectivity index (χ3v) is 3.48. The van der Waals surface area contributed by atoms with E-state index in [0.29, 0.717) is 6.54 Å². The van der Waals surface area contributed by atoms with E-state index in [0.717, 1.165) is 30.9 Å². The van der Waals surface area contributed by atoms with Gasteiger partial charge in [-0.05, 0) is 18.8 Å². The van der Waals surface area contributed by atoms with Gasteiger partial charge in [-0.2, -0.15) is 0 Å². The van der Waals surface area contributed by atoms with Crippen LogP contribution in [0.5, 0.6) is 0 Å². The summed E-state index contributed by atoms with van der Waals surface area (Å²) in [6.45, 7) is 1.60. The van der Waals surface area contributed by atoms with Crippen LogP contribution in [0.4, 0.5) is 5.82 Å². The second-order valence-corrected chi connectivity index (χ2v) is 4.86. The molecule has 1 N–H and O–H groups in total. The van der Waals surface area contributed by atoms with E-state index >= 15 is 0 Å². The molecular weight excluding hydrogens is 246 g/mol. The molecule has 0 bridgehead atoms. The maximum absolute atomic E-state index is 10.8. The van der Waals surface area contributed by atoms with Crippen molar-refractivity contribution < 1.29 is 9.90 Å². The molecule has 7 heteroatoms. The first-order chi connectivity index (χ1) is 9.24. The van der Waals surface area contributed by atoms with Crippen molar-refractivity contribution in [3.63, 3.8) is 0 Å². The molecule has 0 spiro atoms. The molecule has 0 aromatic carbocycles. The lowest BCUT2D eigenvalue weighted by Gasteiger charge is -2.32. The van der Waals surface area contributed by atoms with Gasteiger partial charge in [0.15, 0.2) is 5.82 Å². The van der Waals surface area contributed by atoms with Gasteiger partial charge in [0.2, 0.25) is 5.65 Å². The summed E-state index contributed by atoms with van der Waals surface area (Å²) >= 11 is 0. The molecule has 1 atom stereocenters. The third kappa shape index (κ3) is 2.35. The molecule has 0 radical (unpaired) electrons. The number of aliphatic carboxylic acids is 1. The molecule has 1 saturated heterocycles. The van der Waals surface area contributed by atoms with Crippen molar-refractivity contribution in [2.45, 2.75) is 19.3 Å². The van der Waals surface area contributed by atoms with Crippen molar-refractivity contribution in [3.8, 4) is 0 Å². The smallest absolute Gasteiger partial charge is 0.303 e. The van der Waals surface area contributed by atoms with Crippen LogP contribution in [-0.4, -0.2) is 43.7 Å². The summed E-state index contributed by atoms with van der Waals surface area (Å²) in [6, 6.07) is 0. The highest BCUT2D eigenvalue weighted by Gasteiger charge is 2.24. The minimum absolute atomic E-state index is 0.177. The Morgan fingerprint density at radius 2 is 2.42 bits per heavy atom. The zero-order chi connectivity index (χ0) is 13.2. The first-order valence-corrected chi connectivity index (χ1v) is 6.35. The van der Waals surface area contributed by atoms with Crippen LogP contribution in [0.3, 0.4) is 0 Å². The Labute approximate surface area is 109 Å². The van der Waals surface area contributed by atoms with Gasteiger partial charge in [0.1, 0.15) is 6.33 Å². The molecule has 1 aliphatic heterocycles. The maximum atomic E-state index is 10.8. The predicted molar refractivity (Wildman–Crippen MR) is 68.0 cm³/mol. The highest BCUT2D eigenvalue weighted by atomic mass is 16.4. The largest absolute Gasteiger partial charge is 0.481 e. The van der Waals surface area contributed by atoms with Gasteiger partial charge < -0.3 is 10.0 Å². The Hall–Kier alpha value is -2.18. The number of piperidine rings is 1. The minimum atomic E-state index is -0.736. The molecule has 1 aliphatic rings. The molecule has 1 fully saturated rings. The predicted octanol–water partition coefficient (Wildman–Crippen LogP) is 0.815. The van der Waals surface area contributed by atoms with Crippen LogP contribution in [0.2, 0.25) is 0 Å². The molecular formula is C12H15N5O2. The average molecular weight is 261 g/mol. The molecule has 1 unspecified atom stereocenters. The highest BCUT2D eigenvalue weighted by molar-refractivity contribution is 5.67. The monoisotopic (exact) mass is 261 g/mol. The van der Waals surface area contributed by atoms with Crippen molar-refractivity contribution in [2.75, 3.05) is 18.0 Å². The Morgan fingerprint density at radius 3 is 3.26 bits per heavy atom. The summed E-state index contributed by atoms with van der Waals surface area (Å²) in [5, 5.41) is 16.8. The number of hydrogen-bond donors (Lipinski definition) is 1. The van der Waals surface area contributed by atoms with Gasteiger partial charge in [-0.15, -0.1) is 10.2 Å². The average Bonchev–Trinajstić information content (AvgIpc) is 2.86. The van der Waals surface area contributed by atoms with E-state index in [1.165, 1.54) is 0 Å². The highest BCUT2D eigenvalue weighted by Crippen LogP contribution is 2.25. The van der Waals surface area contributed by atoms with Crippen LogP contribution in [0.15, 0.2) is 18.7 Å². The number of carbonyl (C=O) groups is 1. The fourth-order valence-electron chi connectivity index (χ4n) is 2.64. The topological polar surface area (TPSA) is 83.6 Å². The molecule has 3 rings (SSSR count). The summed E-state index contributed by atoms with van der Waals surface area (Å²) in [4.78, 5) is 17.3. The SMILES string of the molecule is O=C(O)CC1CCCN(c2nccn3cnnc23)C1. The van der Waals surface area contributed by atoms with Crippen LogP contribution in [0.1, 0.15) is 19.3 Å². The molecule has 0 aliphatic carbocycles. The number of nitrogens with zero attached hydrogens (tertiary/aromatic N) is 5. The van der Waals surface area contributed by atoms with E-state index < -0.39 is 5.97 Å². The zero-order valence-electron chi connectivity index (χ0n) is 10.4. The molecule has 0 saturated carbocycles. The number of hydrogen-bond acceptors (Lipinski definition) is 5. The minimum Gasteiger partial charge on any atom is -0.481 e. The Bertz CT molecular complexity index is 597. The van der Waals surface area contributed by atoms with Crippen LogP contribution < -0.4 is 4.90 Å². The summed E-state index contributed by atoms with van der Waals surface area (Å²) in [5.41, 5.74) is 0.721. The quantitative estimate of drug-likeness (QED) is 0.880. The molecule has 100 valence electrons. The first-order valence-electron chi connectivity index (χ1n) is 6.35. The maximum Gasteiger partial charge on any atom is 0.303 e. The lowest BCUT2D eigenvalue weighted by molar-refractivity contribution is -0.138. The van der Waals surface area contributed by atoms with Gasteiger partial charge in [-0.25, -0.2) is 4.98 Å². The van der Waals surface area contributed by atoms with E-state index in [4.69, 9.17) is 5.11 Å². The Balaban J connectivity index is 1.85. The Morgan fingerprint density at radius 1 is 1.53 bits per heavy atom. The van der Waals surface area contributed by atoms with Crippen LogP contribution >= 0.6 is 0 Å². The van der Waals surface area contributed by atoms with E-state index in [-0.39, 0.29) is 12.3 Å². The summed E-state index contributed by atoms with van der Waals surface area (Å²) in [6.07, 6.45) is 7.31. The van der Waals surface area contributed by atoms with Crippen molar-refractivity contribution in [3.05, 3.63) is 18.7 Å². The van der Waals surface area contributed by atoms with Gasteiger partial charge in [0.25, 0.3) is 0 Å². The summed E-state index contributed by atoms with van der Waals surface area (Å²) < 4.78 is 1.82. The molecule has 19 heavy (non-hydrogen) atoms. The van der Waals surface area contributed by atoms with E-state index in [9.17, 15) is 4.79 Å². The second kappa shape index (κ2) is 4.83. The number of fused-ring (bicyclic) bond motifs is 1. The number of rotatable bonds is 3. The van der Waals surface area contributed by atoms with Crippen LogP contribution in [0.25, 0.3) is 5.65 Å². The molecule has 2 aromatic rings. The third-order valence-electron chi connectivity index (χ3n) is 3.48. The van der Waals surface area contributed by atoms with Gasteiger partial charge >= 0.3 is 5.97 Å². The summed E-state index contributed by atoms with van der Waals surface area (Å²) in [5.74, 6) is 0.229. The fraction of sp³-hybridized carbons (Fsp3) is 0.500. The van der Waals surface area contributed by atoms with Crippen molar-refractivity contribution in [2.24, 2.45) is 5.92 Å². The van der Waals surface area contributed by atoms with Gasteiger partial charge in [0.05, 0.1) is 0 Å². The van der Waals surface area contributed by atoms with Gasteiger partial charge in [-0.1, -0.05) is 0 Å². The number of carboxylic acid groups (broad SMARTS) is 1. The van der Waals surface area contributed by atoms with Crippen LogP contribution in [-0.2, 0) is 4.79 Å². The van der Waals surface area contributed by atoms with E-state index in [2.05, 4.69) is 20.1 Å². The number of aromatic nitrogens is 4. The second-order valence-electron chi connectivity index (χ2n) is 4.86.